The van der Waals surface area contributed by atoms with E-state index in [0.29, 0.717) is 27.5 Å². The second-order valence-corrected chi connectivity index (χ2v) is 12.2. The molecule has 0 radical (unpaired) electrons. The number of hydrogen-bond donors (Lipinski definition) is 1. The smallest absolute Gasteiger partial charge is 0.244 e. The van der Waals surface area contributed by atoms with Gasteiger partial charge in [-0.25, -0.2) is 17.2 Å². The summed E-state index contributed by atoms with van der Waals surface area (Å²) in [5.74, 6) is -3.60. The molecule has 0 aliphatic carbocycles. The van der Waals surface area contributed by atoms with Gasteiger partial charge in [0.2, 0.25) is 21.8 Å². The molecule has 0 aliphatic heterocycles. The predicted octanol–water partition coefficient (Wildman–Crippen LogP) is 5.59. The van der Waals surface area contributed by atoms with Crippen molar-refractivity contribution in [1.29, 1.82) is 0 Å². The normalized spacial score (nSPS) is 12.0. The van der Waals surface area contributed by atoms with Gasteiger partial charge in [-0.2, -0.15) is 0 Å². The van der Waals surface area contributed by atoms with Crippen LogP contribution in [-0.2, 0) is 32.6 Å². The molecule has 41 heavy (non-hydrogen) atoms. The Morgan fingerprint density at radius 1 is 0.927 bits per heavy atom. The lowest BCUT2D eigenvalue weighted by Crippen LogP contribution is -2.53. The lowest BCUT2D eigenvalue weighted by atomic mass is 10.0. The van der Waals surface area contributed by atoms with E-state index in [9.17, 15) is 26.8 Å². The molecular formula is C29H31Cl2F2N3O4S. The Kier molecular flexibility index (Phi) is 11.5. The lowest BCUT2D eigenvalue weighted by Gasteiger charge is -2.33. The fourth-order valence-electron chi connectivity index (χ4n) is 4.15. The first-order valence-corrected chi connectivity index (χ1v) is 15.5. The molecule has 0 heterocycles. The maximum atomic E-state index is 14.0. The van der Waals surface area contributed by atoms with Gasteiger partial charge in [0.1, 0.15) is 12.6 Å². The molecule has 3 rings (SSSR count). The SMILES string of the molecule is CCCCNC(=O)[C@H](Cc1ccccc1)N(Cc1ccc(Cl)c(Cl)c1)C(=O)CN(c1ccc(F)c(F)c1)S(C)(=O)=O. The van der Waals surface area contributed by atoms with E-state index in [2.05, 4.69) is 5.32 Å². The van der Waals surface area contributed by atoms with E-state index in [1.807, 2.05) is 25.1 Å². The second-order valence-electron chi connectivity index (χ2n) is 9.49. The van der Waals surface area contributed by atoms with Crippen molar-refractivity contribution in [3.05, 3.63) is 99.5 Å². The Hall–Kier alpha value is -3.21. The van der Waals surface area contributed by atoms with Crippen LogP contribution in [0.2, 0.25) is 10.0 Å². The van der Waals surface area contributed by atoms with Crippen molar-refractivity contribution in [2.45, 2.75) is 38.8 Å². The third kappa shape index (κ3) is 9.14. The maximum absolute atomic E-state index is 14.0. The topological polar surface area (TPSA) is 86.8 Å². The summed E-state index contributed by atoms with van der Waals surface area (Å²) < 4.78 is 53.8. The van der Waals surface area contributed by atoms with E-state index >= 15 is 0 Å². The summed E-state index contributed by atoms with van der Waals surface area (Å²) in [6.07, 6.45) is 2.55. The van der Waals surface area contributed by atoms with Crippen LogP contribution < -0.4 is 9.62 Å². The van der Waals surface area contributed by atoms with Crippen molar-refractivity contribution in [2.24, 2.45) is 0 Å². The number of amides is 2. The van der Waals surface area contributed by atoms with Crippen LogP contribution in [0.1, 0.15) is 30.9 Å². The fourth-order valence-corrected chi connectivity index (χ4v) is 5.31. The number of nitrogens with zero attached hydrogens (tertiary/aromatic N) is 2. The van der Waals surface area contributed by atoms with Gasteiger partial charge in [-0.15, -0.1) is 0 Å². The van der Waals surface area contributed by atoms with Crippen molar-refractivity contribution in [2.75, 3.05) is 23.7 Å². The molecule has 7 nitrogen and oxygen atoms in total. The standard InChI is InChI=1S/C29H31Cl2F2N3O4S/c1-3-4-14-34-29(38)27(16-20-8-6-5-7-9-20)35(18-21-10-12-23(30)24(31)15-21)28(37)19-36(41(2,39)40)22-11-13-25(32)26(33)17-22/h5-13,15,17,27H,3-4,14,16,18-19H2,1-2H3,(H,34,38)/t27-/m0/s1. The maximum Gasteiger partial charge on any atom is 0.244 e. The van der Waals surface area contributed by atoms with Crippen molar-refractivity contribution < 1.29 is 26.8 Å². The van der Waals surface area contributed by atoms with Gasteiger partial charge < -0.3 is 10.2 Å². The zero-order chi connectivity index (χ0) is 30.2. The number of halogens is 4. The van der Waals surface area contributed by atoms with E-state index in [1.165, 1.54) is 4.90 Å². The third-order valence-electron chi connectivity index (χ3n) is 6.31. The number of unbranched alkanes of at least 4 members (excludes halogenated alkanes) is 1. The first-order valence-electron chi connectivity index (χ1n) is 12.9. The molecule has 0 fully saturated rings. The average molecular weight is 627 g/mol. The minimum Gasteiger partial charge on any atom is -0.354 e. The lowest BCUT2D eigenvalue weighted by molar-refractivity contribution is -0.140. The Morgan fingerprint density at radius 2 is 1.63 bits per heavy atom. The molecule has 0 unspecified atom stereocenters. The first-order chi connectivity index (χ1) is 19.4. The highest BCUT2D eigenvalue weighted by Crippen LogP contribution is 2.25. The van der Waals surface area contributed by atoms with Gasteiger partial charge in [0.25, 0.3) is 0 Å². The summed E-state index contributed by atoms with van der Waals surface area (Å²) in [5, 5.41) is 3.41. The van der Waals surface area contributed by atoms with Gasteiger partial charge >= 0.3 is 0 Å². The Bertz CT molecular complexity index is 1480. The second kappa shape index (κ2) is 14.6. The van der Waals surface area contributed by atoms with E-state index < -0.39 is 46.1 Å². The highest BCUT2D eigenvalue weighted by molar-refractivity contribution is 7.92. The monoisotopic (exact) mass is 625 g/mol. The molecular weight excluding hydrogens is 595 g/mol. The summed E-state index contributed by atoms with van der Waals surface area (Å²) in [7, 11) is -4.13. The largest absolute Gasteiger partial charge is 0.354 e. The van der Waals surface area contributed by atoms with Crippen molar-refractivity contribution >= 4 is 50.7 Å². The number of sulfonamides is 1. The molecule has 3 aromatic rings. The van der Waals surface area contributed by atoms with Crippen LogP contribution in [0.25, 0.3) is 0 Å². The van der Waals surface area contributed by atoms with Crippen LogP contribution in [0.15, 0.2) is 66.7 Å². The fraction of sp³-hybridized carbons (Fsp3) is 0.310. The molecule has 12 heteroatoms. The van der Waals surface area contributed by atoms with Crippen LogP contribution >= 0.6 is 23.2 Å². The third-order valence-corrected chi connectivity index (χ3v) is 8.19. The van der Waals surface area contributed by atoms with Crippen molar-refractivity contribution in [3.8, 4) is 0 Å². The highest BCUT2D eigenvalue weighted by atomic mass is 35.5. The zero-order valence-electron chi connectivity index (χ0n) is 22.6. The van der Waals surface area contributed by atoms with E-state index in [1.54, 1.807) is 30.3 Å². The van der Waals surface area contributed by atoms with E-state index in [4.69, 9.17) is 23.2 Å². The molecule has 2 amide bonds. The van der Waals surface area contributed by atoms with E-state index in [-0.39, 0.29) is 23.7 Å². The van der Waals surface area contributed by atoms with Crippen LogP contribution in [0.3, 0.4) is 0 Å². The predicted molar refractivity (Wildman–Crippen MR) is 157 cm³/mol. The number of benzene rings is 3. The van der Waals surface area contributed by atoms with Gasteiger partial charge in [0.15, 0.2) is 11.6 Å². The molecule has 1 N–H and O–H groups in total. The van der Waals surface area contributed by atoms with Crippen LogP contribution in [0.4, 0.5) is 14.5 Å². The summed E-state index contributed by atoms with van der Waals surface area (Å²) in [6, 6.07) is 15.3. The molecule has 0 bridgehead atoms. The van der Waals surface area contributed by atoms with Gasteiger partial charge in [-0.05, 0) is 41.8 Å². The number of rotatable bonds is 13. The van der Waals surface area contributed by atoms with Gasteiger partial charge in [-0.3, -0.25) is 13.9 Å². The molecule has 220 valence electrons. The minimum absolute atomic E-state index is 0.107. The van der Waals surface area contributed by atoms with Crippen LogP contribution in [0, 0.1) is 11.6 Å². The molecule has 0 spiro atoms. The summed E-state index contributed by atoms with van der Waals surface area (Å²) in [5.41, 5.74) is 1.09. The number of carbonyl (C=O) groups excluding carboxylic acids is 2. The first kappa shape index (κ1) is 32.3. The Morgan fingerprint density at radius 3 is 2.24 bits per heavy atom. The molecule has 0 aromatic heterocycles. The molecule has 0 saturated heterocycles. The molecule has 1 atom stereocenters. The number of carbonyl (C=O) groups is 2. The van der Waals surface area contributed by atoms with Crippen LogP contribution in [-0.4, -0.2) is 50.5 Å². The minimum atomic E-state index is -4.13. The molecule has 0 aliphatic rings. The van der Waals surface area contributed by atoms with Crippen molar-refractivity contribution in [3.63, 3.8) is 0 Å². The quantitative estimate of drug-likeness (QED) is 0.251. The zero-order valence-corrected chi connectivity index (χ0v) is 24.9. The summed E-state index contributed by atoms with van der Waals surface area (Å²) >= 11 is 12.3. The number of nitrogens with one attached hydrogen (secondary N) is 1. The van der Waals surface area contributed by atoms with Gasteiger partial charge in [0, 0.05) is 25.6 Å². The molecule has 3 aromatic carbocycles. The highest BCUT2D eigenvalue weighted by Gasteiger charge is 2.33. The van der Waals surface area contributed by atoms with Crippen molar-refractivity contribution in [1.82, 2.24) is 10.2 Å². The van der Waals surface area contributed by atoms with Gasteiger partial charge in [0.05, 0.1) is 22.0 Å². The van der Waals surface area contributed by atoms with Gasteiger partial charge in [-0.1, -0.05) is 72.9 Å². The number of hydrogen-bond acceptors (Lipinski definition) is 4. The average Bonchev–Trinajstić information content (AvgIpc) is 2.92. The number of anilines is 1. The Labute approximate surface area is 249 Å². The summed E-state index contributed by atoms with van der Waals surface area (Å²) in [4.78, 5) is 28.8. The summed E-state index contributed by atoms with van der Waals surface area (Å²) in [6.45, 7) is 1.49. The Balaban J connectivity index is 2.06. The van der Waals surface area contributed by atoms with Crippen LogP contribution in [0.5, 0.6) is 0 Å². The van der Waals surface area contributed by atoms with E-state index in [0.717, 1.165) is 36.8 Å². The molecule has 0 saturated carbocycles.